The van der Waals surface area contributed by atoms with Crippen LogP contribution >= 0.6 is 0 Å². The molecule has 1 radical (unpaired) electrons. The number of fused-ring (bicyclic) bond motifs is 1. The summed E-state index contributed by atoms with van der Waals surface area (Å²) in [4.78, 5) is 42.0. The van der Waals surface area contributed by atoms with Crippen molar-refractivity contribution in [3.05, 3.63) is 30.7 Å². The van der Waals surface area contributed by atoms with E-state index in [1.807, 2.05) is 30.7 Å². The van der Waals surface area contributed by atoms with E-state index in [1.54, 1.807) is 14.7 Å². The molecular formula is C19H23N4O3. The van der Waals surface area contributed by atoms with Crippen molar-refractivity contribution in [2.24, 2.45) is 5.73 Å². The number of nitrogens with two attached hydrogens (primary N) is 1. The third kappa shape index (κ3) is 2.53. The van der Waals surface area contributed by atoms with Gasteiger partial charge in [-0.15, -0.1) is 0 Å². The Morgan fingerprint density at radius 1 is 0.962 bits per heavy atom. The lowest BCUT2D eigenvalue weighted by molar-refractivity contribution is -0.126. The number of carbonyl (C=O) groups excluding carboxylic acids is 3. The van der Waals surface area contributed by atoms with E-state index >= 15 is 0 Å². The molecule has 3 aliphatic heterocycles. The summed E-state index contributed by atoms with van der Waals surface area (Å²) in [7, 11) is 0. The average molecular weight is 355 g/mol. The molecule has 2 N–H and O–H groups in total. The Hall–Kier alpha value is -2.57. The number of benzene rings is 1. The van der Waals surface area contributed by atoms with Gasteiger partial charge in [0.25, 0.3) is 0 Å². The SMILES string of the molecule is NC(=O)[C@]12[CH]CCCN1C(=O)N(c1ccc(N3CCCCC3=O)cc1)C2. The van der Waals surface area contributed by atoms with Gasteiger partial charge in [0.2, 0.25) is 11.8 Å². The fourth-order valence-corrected chi connectivity index (χ4v) is 4.18. The molecule has 0 bridgehead atoms. The van der Waals surface area contributed by atoms with Gasteiger partial charge in [-0.2, -0.15) is 0 Å². The Bertz CT molecular complexity index is 748. The second-order valence-electron chi connectivity index (χ2n) is 7.17. The number of rotatable bonds is 3. The lowest BCUT2D eigenvalue weighted by Crippen LogP contribution is -2.59. The van der Waals surface area contributed by atoms with Crippen molar-refractivity contribution in [2.75, 3.05) is 29.4 Å². The number of nitrogens with zero attached hydrogens (tertiary/aromatic N) is 3. The molecule has 1 aromatic rings. The number of piperidine rings is 2. The number of hydrogen-bond donors (Lipinski definition) is 1. The van der Waals surface area contributed by atoms with Crippen LogP contribution in [0.5, 0.6) is 0 Å². The van der Waals surface area contributed by atoms with Crippen LogP contribution < -0.4 is 15.5 Å². The number of urea groups is 1. The summed E-state index contributed by atoms with van der Waals surface area (Å²) < 4.78 is 0. The van der Waals surface area contributed by atoms with E-state index in [4.69, 9.17) is 5.73 Å². The van der Waals surface area contributed by atoms with Gasteiger partial charge in [-0.3, -0.25) is 14.5 Å². The number of primary amides is 1. The van der Waals surface area contributed by atoms with Crippen molar-refractivity contribution < 1.29 is 14.4 Å². The van der Waals surface area contributed by atoms with Gasteiger partial charge < -0.3 is 15.5 Å². The van der Waals surface area contributed by atoms with Gasteiger partial charge in [-0.25, -0.2) is 4.79 Å². The lowest BCUT2D eigenvalue weighted by atomic mass is 9.87. The van der Waals surface area contributed by atoms with Crippen LogP contribution in [0.25, 0.3) is 0 Å². The molecule has 137 valence electrons. The maximum Gasteiger partial charge on any atom is 0.325 e. The second-order valence-corrected chi connectivity index (χ2v) is 7.17. The largest absolute Gasteiger partial charge is 0.368 e. The van der Waals surface area contributed by atoms with E-state index in [-0.39, 0.29) is 18.5 Å². The first-order valence-electron chi connectivity index (χ1n) is 9.17. The molecule has 3 saturated heterocycles. The molecule has 26 heavy (non-hydrogen) atoms. The fraction of sp³-hybridized carbons (Fsp3) is 0.474. The smallest absolute Gasteiger partial charge is 0.325 e. The molecule has 4 amide bonds. The van der Waals surface area contributed by atoms with E-state index in [2.05, 4.69) is 0 Å². The molecule has 3 fully saturated rings. The Labute approximate surface area is 152 Å². The van der Waals surface area contributed by atoms with Crippen molar-refractivity contribution in [1.82, 2.24) is 4.90 Å². The van der Waals surface area contributed by atoms with Crippen molar-refractivity contribution in [1.29, 1.82) is 0 Å². The molecule has 4 rings (SSSR count). The minimum Gasteiger partial charge on any atom is -0.368 e. The highest BCUT2D eigenvalue weighted by Gasteiger charge is 2.55. The molecule has 0 aliphatic carbocycles. The summed E-state index contributed by atoms with van der Waals surface area (Å²) in [6, 6.07) is 7.21. The maximum absolute atomic E-state index is 12.8. The molecular weight excluding hydrogens is 332 g/mol. The Morgan fingerprint density at radius 3 is 2.27 bits per heavy atom. The summed E-state index contributed by atoms with van der Waals surface area (Å²) in [6.07, 6.45) is 6.01. The van der Waals surface area contributed by atoms with Gasteiger partial charge in [0.05, 0.1) is 6.54 Å². The molecule has 7 heteroatoms. The highest BCUT2D eigenvalue weighted by atomic mass is 16.2. The average Bonchev–Trinajstić information content (AvgIpc) is 2.97. The zero-order valence-electron chi connectivity index (χ0n) is 14.7. The fourth-order valence-electron chi connectivity index (χ4n) is 4.18. The Balaban J connectivity index is 1.59. The van der Waals surface area contributed by atoms with E-state index in [9.17, 15) is 14.4 Å². The van der Waals surface area contributed by atoms with E-state index in [0.717, 1.165) is 37.9 Å². The predicted molar refractivity (Wildman–Crippen MR) is 97.6 cm³/mol. The predicted octanol–water partition coefficient (Wildman–Crippen LogP) is 1.67. The van der Waals surface area contributed by atoms with Crippen LogP contribution in [0, 0.1) is 6.42 Å². The van der Waals surface area contributed by atoms with Gasteiger partial charge in [0, 0.05) is 30.9 Å². The monoisotopic (exact) mass is 355 g/mol. The maximum atomic E-state index is 12.8. The van der Waals surface area contributed by atoms with E-state index in [0.29, 0.717) is 18.7 Å². The van der Waals surface area contributed by atoms with Crippen LogP contribution in [0.1, 0.15) is 32.1 Å². The highest BCUT2D eigenvalue weighted by molar-refractivity contribution is 6.03. The number of carbonyl (C=O) groups is 3. The van der Waals surface area contributed by atoms with Gasteiger partial charge in [0.15, 0.2) is 0 Å². The number of amides is 4. The standard InChI is InChI=1S/C19H23N4O3/c20-17(25)19-10-2-4-12-23(19)18(26)22(13-19)15-8-6-14(7-9-15)21-11-3-1-5-16(21)24/h6-10H,1-5,11-13H2,(H2,20,25)/t19-/m1/s1. The molecule has 1 aromatic carbocycles. The van der Waals surface area contributed by atoms with Crippen molar-refractivity contribution in [2.45, 2.75) is 37.6 Å². The second kappa shape index (κ2) is 6.30. The molecule has 0 aromatic heterocycles. The Kier molecular flexibility index (Phi) is 4.09. The van der Waals surface area contributed by atoms with Crippen LogP contribution in [0.4, 0.5) is 16.2 Å². The van der Waals surface area contributed by atoms with Gasteiger partial charge in [-0.05, 0) is 56.4 Å². The minimum atomic E-state index is -1.02. The van der Waals surface area contributed by atoms with E-state index < -0.39 is 11.4 Å². The van der Waals surface area contributed by atoms with E-state index in [1.165, 1.54) is 0 Å². The van der Waals surface area contributed by atoms with Crippen molar-refractivity contribution >= 4 is 29.2 Å². The van der Waals surface area contributed by atoms with Gasteiger partial charge >= 0.3 is 6.03 Å². The zero-order chi connectivity index (χ0) is 18.3. The number of anilines is 2. The topological polar surface area (TPSA) is 86.9 Å². The van der Waals surface area contributed by atoms with Crippen LogP contribution in [-0.4, -0.2) is 47.9 Å². The van der Waals surface area contributed by atoms with Crippen molar-refractivity contribution in [3.63, 3.8) is 0 Å². The summed E-state index contributed by atoms with van der Waals surface area (Å²) >= 11 is 0. The van der Waals surface area contributed by atoms with Crippen LogP contribution in [0.3, 0.4) is 0 Å². The van der Waals surface area contributed by atoms with Gasteiger partial charge in [-0.1, -0.05) is 0 Å². The zero-order valence-corrected chi connectivity index (χ0v) is 14.7. The summed E-state index contributed by atoms with van der Waals surface area (Å²) in [5.41, 5.74) is 6.19. The van der Waals surface area contributed by atoms with Gasteiger partial charge in [0.1, 0.15) is 5.54 Å². The number of hydrogen-bond acceptors (Lipinski definition) is 3. The van der Waals surface area contributed by atoms with Crippen molar-refractivity contribution in [3.8, 4) is 0 Å². The first-order chi connectivity index (χ1) is 12.5. The molecule has 3 heterocycles. The normalized spacial score (nSPS) is 26.2. The molecule has 1 atom stereocenters. The summed E-state index contributed by atoms with van der Waals surface area (Å²) in [6.45, 7) is 1.51. The summed E-state index contributed by atoms with van der Waals surface area (Å²) in [5, 5.41) is 0. The quantitative estimate of drug-likeness (QED) is 0.895. The summed E-state index contributed by atoms with van der Waals surface area (Å²) in [5.74, 6) is -0.343. The third-order valence-corrected chi connectivity index (χ3v) is 5.63. The third-order valence-electron chi connectivity index (χ3n) is 5.63. The molecule has 0 spiro atoms. The molecule has 3 aliphatic rings. The highest BCUT2D eigenvalue weighted by Crippen LogP contribution is 2.37. The first kappa shape index (κ1) is 16.9. The first-order valence-corrected chi connectivity index (χ1v) is 9.17. The van der Waals surface area contributed by atoms with Crippen LogP contribution in [0.15, 0.2) is 24.3 Å². The molecule has 0 saturated carbocycles. The lowest BCUT2D eigenvalue weighted by Gasteiger charge is -2.37. The molecule has 0 unspecified atom stereocenters. The van der Waals surface area contributed by atoms with Crippen LogP contribution in [-0.2, 0) is 9.59 Å². The molecule has 7 nitrogen and oxygen atoms in total. The van der Waals surface area contributed by atoms with Crippen LogP contribution in [0.2, 0.25) is 0 Å². The minimum absolute atomic E-state index is 0.140. The Morgan fingerprint density at radius 2 is 1.65 bits per heavy atom.